The topological polar surface area (TPSA) is 72.7 Å². The van der Waals surface area contributed by atoms with Gasteiger partial charge in [-0.15, -0.1) is 21.5 Å². The molecule has 0 bridgehead atoms. The molecule has 0 saturated heterocycles. The van der Waals surface area contributed by atoms with E-state index in [9.17, 15) is 4.79 Å². The Morgan fingerprint density at radius 2 is 2.16 bits per heavy atom. The van der Waals surface area contributed by atoms with Gasteiger partial charge in [-0.05, 0) is 25.1 Å². The number of aromatic nitrogens is 4. The summed E-state index contributed by atoms with van der Waals surface area (Å²) in [6.45, 7) is 1.80. The SMILES string of the molecule is CC(Sc1nnc(-c2ccc(Cl)cc2Cl)n1C)C(=O)Nc1nccs1. The Hall–Kier alpha value is -1.61. The van der Waals surface area contributed by atoms with E-state index in [1.54, 1.807) is 41.3 Å². The van der Waals surface area contributed by atoms with Crippen molar-refractivity contribution in [3.63, 3.8) is 0 Å². The molecule has 0 aliphatic carbocycles. The van der Waals surface area contributed by atoms with Gasteiger partial charge in [-0.2, -0.15) is 0 Å². The van der Waals surface area contributed by atoms with Gasteiger partial charge in [-0.3, -0.25) is 4.79 Å². The second-order valence-corrected chi connectivity index (χ2v) is 8.12. The highest BCUT2D eigenvalue weighted by Gasteiger charge is 2.20. The third-order valence-corrected chi connectivity index (χ3v) is 5.69. The Balaban J connectivity index is 1.75. The molecule has 1 N–H and O–H groups in total. The highest BCUT2D eigenvalue weighted by Crippen LogP contribution is 2.31. The average Bonchev–Trinajstić information content (AvgIpc) is 3.19. The fourth-order valence-electron chi connectivity index (χ4n) is 2.03. The molecule has 0 aliphatic heterocycles. The zero-order chi connectivity index (χ0) is 18.0. The maximum atomic E-state index is 12.2. The zero-order valence-electron chi connectivity index (χ0n) is 13.2. The molecule has 1 unspecified atom stereocenters. The summed E-state index contributed by atoms with van der Waals surface area (Å²) in [7, 11) is 1.83. The van der Waals surface area contributed by atoms with E-state index in [-0.39, 0.29) is 11.2 Å². The van der Waals surface area contributed by atoms with E-state index in [0.717, 1.165) is 5.56 Å². The fourth-order valence-corrected chi connectivity index (χ4v) is 3.87. The first-order valence-electron chi connectivity index (χ1n) is 7.17. The van der Waals surface area contributed by atoms with Crippen molar-refractivity contribution in [2.75, 3.05) is 5.32 Å². The van der Waals surface area contributed by atoms with E-state index >= 15 is 0 Å². The van der Waals surface area contributed by atoms with E-state index < -0.39 is 0 Å². The summed E-state index contributed by atoms with van der Waals surface area (Å²) in [5.41, 5.74) is 0.729. The summed E-state index contributed by atoms with van der Waals surface area (Å²) in [5, 5.41) is 14.8. The molecule has 1 aromatic carbocycles. The molecular formula is C15H13Cl2N5OS2. The van der Waals surface area contributed by atoms with E-state index in [1.807, 2.05) is 7.05 Å². The van der Waals surface area contributed by atoms with Crippen LogP contribution in [0.2, 0.25) is 10.0 Å². The third kappa shape index (κ3) is 4.14. The molecule has 6 nitrogen and oxygen atoms in total. The van der Waals surface area contributed by atoms with Crippen LogP contribution in [-0.4, -0.2) is 30.9 Å². The van der Waals surface area contributed by atoms with Gasteiger partial charge in [0.25, 0.3) is 0 Å². The van der Waals surface area contributed by atoms with Crippen LogP contribution in [0.25, 0.3) is 11.4 Å². The molecule has 1 atom stereocenters. The van der Waals surface area contributed by atoms with Crippen LogP contribution in [-0.2, 0) is 11.8 Å². The van der Waals surface area contributed by atoms with Gasteiger partial charge in [-0.1, -0.05) is 35.0 Å². The predicted octanol–water partition coefficient (Wildman–Crippen LogP) is 4.36. The number of rotatable bonds is 5. The molecule has 10 heteroatoms. The van der Waals surface area contributed by atoms with E-state index in [0.29, 0.717) is 26.2 Å². The zero-order valence-corrected chi connectivity index (χ0v) is 16.4. The number of thiazole rings is 1. The molecule has 1 amide bonds. The van der Waals surface area contributed by atoms with Crippen LogP contribution >= 0.6 is 46.3 Å². The summed E-state index contributed by atoms with van der Waals surface area (Å²) in [6.07, 6.45) is 1.64. The maximum Gasteiger partial charge on any atom is 0.239 e. The number of hydrogen-bond donors (Lipinski definition) is 1. The quantitative estimate of drug-likeness (QED) is 0.628. The number of carbonyl (C=O) groups is 1. The fraction of sp³-hybridized carbons (Fsp3) is 0.200. The summed E-state index contributed by atoms with van der Waals surface area (Å²) in [4.78, 5) is 16.3. The van der Waals surface area contributed by atoms with Crippen molar-refractivity contribution in [3.05, 3.63) is 39.8 Å². The van der Waals surface area contributed by atoms with Crippen LogP contribution in [0.5, 0.6) is 0 Å². The Morgan fingerprint density at radius 1 is 1.36 bits per heavy atom. The first-order chi connectivity index (χ1) is 12.0. The summed E-state index contributed by atoms with van der Waals surface area (Å²) in [6, 6.07) is 5.19. The lowest BCUT2D eigenvalue weighted by atomic mass is 10.2. The lowest BCUT2D eigenvalue weighted by molar-refractivity contribution is -0.115. The summed E-state index contributed by atoms with van der Waals surface area (Å²) in [5.74, 6) is 0.464. The minimum absolute atomic E-state index is 0.144. The Labute approximate surface area is 162 Å². The van der Waals surface area contributed by atoms with Crippen molar-refractivity contribution < 1.29 is 4.79 Å². The maximum absolute atomic E-state index is 12.2. The van der Waals surface area contributed by atoms with Crippen LogP contribution in [0, 0.1) is 0 Å². The second kappa shape index (κ2) is 7.74. The van der Waals surface area contributed by atoms with Crippen molar-refractivity contribution in [2.24, 2.45) is 7.05 Å². The largest absolute Gasteiger partial charge is 0.305 e. The standard InChI is InChI=1S/C15H13Cl2N5OS2/c1-8(13(23)19-14-18-5-6-24-14)25-15-21-20-12(22(15)2)10-4-3-9(16)7-11(10)17/h3-8H,1-2H3,(H,18,19,23). The molecule has 0 saturated carbocycles. The molecule has 2 heterocycles. The third-order valence-electron chi connectivity index (χ3n) is 3.32. The van der Waals surface area contributed by atoms with Gasteiger partial charge >= 0.3 is 0 Å². The molecule has 130 valence electrons. The number of amides is 1. The lowest BCUT2D eigenvalue weighted by Gasteiger charge is -2.10. The first kappa shape index (κ1) is 18.2. The Kier molecular flexibility index (Phi) is 5.63. The predicted molar refractivity (Wildman–Crippen MR) is 103 cm³/mol. The number of nitrogens with zero attached hydrogens (tertiary/aromatic N) is 4. The Bertz CT molecular complexity index is 897. The van der Waals surface area contributed by atoms with Crippen LogP contribution in [0.3, 0.4) is 0 Å². The van der Waals surface area contributed by atoms with Gasteiger partial charge in [0.1, 0.15) is 0 Å². The van der Waals surface area contributed by atoms with Gasteiger partial charge in [0.05, 0.1) is 10.3 Å². The summed E-state index contributed by atoms with van der Waals surface area (Å²) >= 11 is 14.9. The number of carbonyl (C=O) groups excluding carboxylic acids is 1. The van der Waals surface area contributed by atoms with E-state index in [2.05, 4.69) is 20.5 Å². The van der Waals surface area contributed by atoms with Gasteiger partial charge in [0.2, 0.25) is 5.91 Å². The molecule has 3 aromatic rings. The molecule has 0 spiro atoms. The van der Waals surface area contributed by atoms with Gasteiger partial charge in [-0.25, -0.2) is 4.98 Å². The van der Waals surface area contributed by atoms with Crippen molar-refractivity contribution >= 4 is 57.3 Å². The average molecular weight is 414 g/mol. The number of hydrogen-bond acceptors (Lipinski definition) is 6. The van der Waals surface area contributed by atoms with Crippen LogP contribution in [0.4, 0.5) is 5.13 Å². The van der Waals surface area contributed by atoms with Crippen molar-refractivity contribution in [3.8, 4) is 11.4 Å². The normalized spacial score (nSPS) is 12.2. The van der Waals surface area contributed by atoms with E-state index in [1.165, 1.54) is 23.1 Å². The Morgan fingerprint density at radius 3 is 2.84 bits per heavy atom. The number of thioether (sulfide) groups is 1. The molecule has 0 radical (unpaired) electrons. The van der Waals surface area contributed by atoms with Crippen molar-refractivity contribution in [1.29, 1.82) is 0 Å². The molecule has 25 heavy (non-hydrogen) atoms. The number of nitrogens with one attached hydrogen (secondary N) is 1. The van der Waals surface area contributed by atoms with Gasteiger partial charge in [0.15, 0.2) is 16.1 Å². The van der Waals surface area contributed by atoms with Crippen molar-refractivity contribution in [2.45, 2.75) is 17.3 Å². The van der Waals surface area contributed by atoms with Crippen molar-refractivity contribution in [1.82, 2.24) is 19.7 Å². The molecule has 0 fully saturated rings. The van der Waals surface area contributed by atoms with Crippen LogP contribution < -0.4 is 5.32 Å². The van der Waals surface area contributed by atoms with Gasteiger partial charge < -0.3 is 9.88 Å². The number of anilines is 1. The van der Waals surface area contributed by atoms with E-state index in [4.69, 9.17) is 23.2 Å². The second-order valence-electron chi connectivity index (χ2n) is 5.08. The van der Waals surface area contributed by atoms with Crippen LogP contribution in [0.1, 0.15) is 6.92 Å². The first-order valence-corrected chi connectivity index (χ1v) is 9.69. The lowest BCUT2D eigenvalue weighted by Crippen LogP contribution is -2.22. The van der Waals surface area contributed by atoms with Gasteiger partial charge in [0, 0.05) is 29.2 Å². The molecule has 3 rings (SSSR count). The number of benzene rings is 1. The molecular weight excluding hydrogens is 401 g/mol. The van der Waals surface area contributed by atoms with Crippen LogP contribution in [0.15, 0.2) is 34.9 Å². The monoisotopic (exact) mass is 413 g/mol. The number of halogens is 2. The highest BCUT2D eigenvalue weighted by molar-refractivity contribution is 8.00. The minimum Gasteiger partial charge on any atom is -0.305 e. The molecule has 0 aliphatic rings. The smallest absolute Gasteiger partial charge is 0.239 e. The summed E-state index contributed by atoms with van der Waals surface area (Å²) < 4.78 is 1.80. The minimum atomic E-state index is -0.361. The molecule has 2 aromatic heterocycles. The highest BCUT2D eigenvalue weighted by atomic mass is 35.5.